The third-order valence-electron chi connectivity index (χ3n) is 2.49. The van der Waals surface area contributed by atoms with Crippen LogP contribution < -0.4 is 11.1 Å². The van der Waals surface area contributed by atoms with Gasteiger partial charge in [0.05, 0.1) is 6.61 Å². The first-order valence-electron chi connectivity index (χ1n) is 4.39. The van der Waals surface area contributed by atoms with Crippen molar-refractivity contribution in [3.8, 4) is 0 Å². The summed E-state index contributed by atoms with van der Waals surface area (Å²) in [4.78, 5) is 0. The van der Waals surface area contributed by atoms with E-state index >= 15 is 0 Å². The van der Waals surface area contributed by atoms with Gasteiger partial charge in [0.2, 0.25) is 0 Å². The first-order valence-corrected chi connectivity index (χ1v) is 4.39. The van der Waals surface area contributed by atoms with Crippen LogP contribution in [-0.2, 0) is 0 Å². The van der Waals surface area contributed by atoms with E-state index in [-0.39, 0.29) is 12.1 Å². The maximum absolute atomic E-state index is 9.04. The highest BCUT2D eigenvalue weighted by atomic mass is 16.3. The standard InChI is InChI=1S/C8H18N2O/c9-5-2-6-10-8(7-11)3-1-4-8/h10-11H,1-7,9H2. The van der Waals surface area contributed by atoms with E-state index in [1.807, 2.05) is 0 Å². The summed E-state index contributed by atoms with van der Waals surface area (Å²) in [7, 11) is 0. The minimum absolute atomic E-state index is 0.0647. The molecule has 1 aliphatic carbocycles. The summed E-state index contributed by atoms with van der Waals surface area (Å²) < 4.78 is 0. The van der Waals surface area contributed by atoms with E-state index in [4.69, 9.17) is 10.8 Å². The lowest BCUT2D eigenvalue weighted by atomic mass is 9.77. The van der Waals surface area contributed by atoms with Crippen molar-refractivity contribution in [3.63, 3.8) is 0 Å². The van der Waals surface area contributed by atoms with Crippen LogP contribution in [0.4, 0.5) is 0 Å². The van der Waals surface area contributed by atoms with Crippen LogP contribution in [0.15, 0.2) is 0 Å². The molecule has 4 N–H and O–H groups in total. The summed E-state index contributed by atoms with van der Waals surface area (Å²) in [6, 6.07) is 0. The number of rotatable bonds is 5. The molecule has 3 nitrogen and oxygen atoms in total. The number of aliphatic hydroxyl groups excluding tert-OH is 1. The van der Waals surface area contributed by atoms with Gasteiger partial charge in [-0.15, -0.1) is 0 Å². The molecule has 0 radical (unpaired) electrons. The lowest BCUT2D eigenvalue weighted by Crippen LogP contribution is -2.54. The normalized spacial score (nSPS) is 21.3. The van der Waals surface area contributed by atoms with Crippen LogP contribution in [-0.4, -0.2) is 30.3 Å². The summed E-state index contributed by atoms with van der Waals surface area (Å²) in [6.45, 7) is 1.95. The molecule has 1 rings (SSSR count). The monoisotopic (exact) mass is 158 g/mol. The van der Waals surface area contributed by atoms with Crippen LogP contribution in [0.5, 0.6) is 0 Å². The van der Waals surface area contributed by atoms with Crippen LogP contribution >= 0.6 is 0 Å². The zero-order chi connectivity index (χ0) is 8.16. The highest BCUT2D eigenvalue weighted by molar-refractivity contribution is 4.95. The Morgan fingerprint density at radius 1 is 1.45 bits per heavy atom. The Kier molecular flexibility index (Phi) is 3.30. The van der Waals surface area contributed by atoms with Gasteiger partial charge in [-0.2, -0.15) is 0 Å². The topological polar surface area (TPSA) is 58.3 Å². The molecular formula is C8H18N2O. The van der Waals surface area contributed by atoms with E-state index in [1.165, 1.54) is 6.42 Å². The van der Waals surface area contributed by atoms with Gasteiger partial charge < -0.3 is 16.2 Å². The van der Waals surface area contributed by atoms with Crippen molar-refractivity contribution in [2.45, 2.75) is 31.2 Å². The van der Waals surface area contributed by atoms with Gasteiger partial charge in [-0.05, 0) is 38.8 Å². The fourth-order valence-corrected chi connectivity index (χ4v) is 1.45. The Labute approximate surface area is 68.0 Å². The highest BCUT2D eigenvalue weighted by Gasteiger charge is 2.35. The van der Waals surface area contributed by atoms with E-state index in [1.54, 1.807) is 0 Å². The van der Waals surface area contributed by atoms with Gasteiger partial charge in [0, 0.05) is 5.54 Å². The zero-order valence-corrected chi connectivity index (χ0v) is 6.97. The molecule has 0 aromatic rings. The number of aliphatic hydroxyl groups is 1. The molecule has 0 saturated heterocycles. The molecule has 0 amide bonds. The number of nitrogens with two attached hydrogens (primary N) is 1. The molecule has 0 spiro atoms. The maximum Gasteiger partial charge on any atom is 0.0613 e. The molecule has 0 aliphatic heterocycles. The van der Waals surface area contributed by atoms with E-state index < -0.39 is 0 Å². The number of hydrogen-bond donors (Lipinski definition) is 3. The molecule has 3 heteroatoms. The van der Waals surface area contributed by atoms with Crippen LogP contribution in [0.25, 0.3) is 0 Å². The summed E-state index contributed by atoms with van der Waals surface area (Å²) >= 11 is 0. The van der Waals surface area contributed by atoms with Crippen molar-refractivity contribution >= 4 is 0 Å². The van der Waals surface area contributed by atoms with Crippen molar-refractivity contribution in [1.29, 1.82) is 0 Å². The third kappa shape index (κ3) is 2.15. The average molecular weight is 158 g/mol. The SMILES string of the molecule is NCCCNC1(CO)CCC1. The van der Waals surface area contributed by atoms with Crippen molar-refractivity contribution in [2.75, 3.05) is 19.7 Å². The van der Waals surface area contributed by atoms with Crippen LogP contribution in [0.1, 0.15) is 25.7 Å². The lowest BCUT2D eigenvalue weighted by Gasteiger charge is -2.41. The quantitative estimate of drug-likeness (QED) is 0.487. The Morgan fingerprint density at radius 2 is 2.18 bits per heavy atom. The first-order chi connectivity index (χ1) is 5.33. The smallest absolute Gasteiger partial charge is 0.0613 e. The predicted molar refractivity (Wildman–Crippen MR) is 45.3 cm³/mol. The van der Waals surface area contributed by atoms with Gasteiger partial charge in [0.1, 0.15) is 0 Å². The molecule has 11 heavy (non-hydrogen) atoms. The van der Waals surface area contributed by atoms with Gasteiger partial charge in [-0.25, -0.2) is 0 Å². The Morgan fingerprint density at radius 3 is 2.55 bits per heavy atom. The van der Waals surface area contributed by atoms with Crippen LogP contribution in [0.3, 0.4) is 0 Å². The van der Waals surface area contributed by atoms with Crippen molar-refractivity contribution in [2.24, 2.45) is 5.73 Å². The zero-order valence-electron chi connectivity index (χ0n) is 6.97. The fraction of sp³-hybridized carbons (Fsp3) is 1.00. The minimum Gasteiger partial charge on any atom is -0.394 e. The minimum atomic E-state index is 0.0647. The molecule has 0 aromatic heterocycles. The summed E-state index contributed by atoms with van der Waals surface area (Å²) in [5.41, 5.74) is 5.42. The van der Waals surface area contributed by atoms with Crippen LogP contribution in [0, 0.1) is 0 Å². The molecule has 1 fully saturated rings. The largest absolute Gasteiger partial charge is 0.394 e. The van der Waals surface area contributed by atoms with E-state index in [2.05, 4.69) is 5.32 Å². The van der Waals surface area contributed by atoms with E-state index in [0.29, 0.717) is 0 Å². The second-order valence-corrected chi connectivity index (χ2v) is 3.36. The molecule has 0 aromatic carbocycles. The summed E-state index contributed by atoms with van der Waals surface area (Å²) in [5.74, 6) is 0. The first kappa shape index (κ1) is 8.97. The molecule has 66 valence electrons. The molecule has 0 bridgehead atoms. The Bertz CT molecular complexity index is 107. The van der Waals surface area contributed by atoms with E-state index in [0.717, 1.165) is 32.4 Å². The summed E-state index contributed by atoms with van der Waals surface area (Å²) in [5, 5.41) is 12.4. The Balaban J connectivity index is 2.11. The second-order valence-electron chi connectivity index (χ2n) is 3.36. The van der Waals surface area contributed by atoms with E-state index in [9.17, 15) is 0 Å². The molecule has 1 aliphatic rings. The molecule has 0 atom stereocenters. The Hall–Kier alpha value is -0.120. The summed E-state index contributed by atoms with van der Waals surface area (Å²) in [6.07, 6.45) is 4.49. The highest BCUT2D eigenvalue weighted by Crippen LogP contribution is 2.30. The van der Waals surface area contributed by atoms with Crippen LogP contribution in [0.2, 0.25) is 0 Å². The maximum atomic E-state index is 9.04. The van der Waals surface area contributed by atoms with Gasteiger partial charge in [-0.1, -0.05) is 0 Å². The lowest BCUT2D eigenvalue weighted by molar-refractivity contribution is 0.0890. The molecule has 1 saturated carbocycles. The average Bonchev–Trinajstić information content (AvgIpc) is 1.95. The predicted octanol–water partition coefficient (Wildman–Crippen LogP) is -0.160. The molecule has 0 unspecified atom stereocenters. The molecule has 0 heterocycles. The number of nitrogens with one attached hydrogen (secondary N) is 1. The second kappa shape index (κ2) is 4.04. The van der Waals surface area contributed by atoms with Crippen molar-refractivity contribution < 1.29 is 5.11 Å². The van der Waals surface area contributed by atoms with Crippen molar-refractivity contribution in [1.82, 2.24) is 5.32 Å². The fourth-order valence-electron chi connectivity index (χ4n) is 1.45. The third-order valence-corrected chi connectivity index (χ3v) is 2.49. The van der Waals surface area contributed by atoms with Gasteiger partial charge in [0.25, 0.3) is 0 Å². The number of hydrogen-bond acceptors (Lipinski definition) is 3. The molecular weight excluding hydrogens is 140 g/mol. The van der Waals surface area contributed by atoms with Crippen molar-refractivity contribution in [3.05, 3.63) is 0 Å². The van der Waals surface area contributed by atoms with Gasteiger partial charge >= 0.3 is 0 Å². The van der Waals surface area contributed by atoms with Gasteiger partial charge in [-0.3, -0.25) is 0 Å². The van der Waals surface area contributed by atoms with Gasteiger partial charge in [0.15, 0.2) is 0 Å².